The average Bonchev–Trinajstić information content (AvgIpc) is 3.22. The molecule has 2 atom stereocenters. The lowest BCUT2D eigenvalue weighted by molar-refractivity contribution is 0.00287. The molecule has 0 bridgehead atoms. The summed E-state index contributed by atoms with van der Waals surface area (Å²) in [6.45, 7) is 9.26. The Bertz CT molecular complexity index is 532. The Morgan fingerprint density at radius 3 is 3.04 bits per heavy atom. The first-order valence-electron chi connectivity index (χ1n) is 8.63. The first-order chi connectivity index (χ1) is 11.3. The molecule has 0 spiro atoms. The van der Waals surface area contributed by atoms with E-state index in [1.165, 1.54) is 12.8 Å². The molecular formula is C17H26N2O3S. The van der Waals surface area contributed by atoms with Gasteiger partial charge in [0.25, 0.3) is 0 Å². The van der Waals surface area contributed by atoms with Gasteiger partial charge in [-0.1, -0.05) is 0 Å². The molecule has 0 radical (unpaired) electrons. The molecule has 0 saturated carbocycles. The maximum Gasteiger partial charge on any atom is 0.0898 e. The third kappa shape index (κ3) is 3.33. The number of thiazole rings is 1. The summed E-state index contributed by atoms with van der Waals surface area (Å²) in [7, 11) is 0. The average molecular weight is 338 g/mol. The normalized spacial score (nSPS) is 32.5. The van der Waals surface area contributed by atoms with Crippen molar-refractivity contribution in [1.29, 1.82) is 0 Å². The van der Waals surface area contributed by atoms with Crippen molar-refractivity contribution in [2.75, 3.05) is 46.1 Å². The van der Waals surface area contributed by atoms with Gasteiger partial charge in [-0.2, -0.15) is 0 Å². The predicted octanol–water partition coefficient (Wildman–Crippen LogP) is 2.10. The Hall–Kier alpha value is -0.530. The van der Waals surface area contributed by atoms with Crippen molar-refractivity contribution in [3.05, 3.63) is 16.1 Å². The first kappa shape index (κ1) is 16.0. The fraction of sp³-hybridized carbons (Fsp3) is 0.824. The van der Waals surface area contributed by atoms with Gasteiger partial charge in [0.05, 0.1) is 37.1 Å². The van der Waals surface area contributed by atoms with Crippen molar-refractivity contribution < 1.29 is 14.2 Å². The number of likely N-dealkylation sites (tertiary alicyclic amines) is 1. The lowest BCUT2D eigenvalue weighted by atomic mass is 9.82. The van der Waals surface area contributed by atoms with Crippen molar-refractivity contribution >= 4 is 11.3 Å². The van der Waals surface area contributed by atoms with Crippen molar-refractivity contribution in [2.24, 2.45) is 11.3 Å². The van der Waals surface area contributed by atoms with E-state index >= 15 is 0 Å². The summed E-state index contributed by atoms with van der Waals surface area (Å²) >= 11 is 1.69. The van der Waals surface area contributed by atoms with Gasteiger partial charge in [0.2, 0.25) is 0 Å². The van der Waals surface area contributed by atoms with Gasteiger partial charge in [-0.25, -0.2) is 4.98 Å². The quantitative estimate of drug-likeness (QED) is 0.823. The lowest BCUT2D eigenvalue weighted by Gasteiger charge is -2.33. The van der Waals surface area contributed by atoms with Crippen LogP contribution in [0.1, 0.15) is 23.5 Å². The highest BCUT2D eigenvalue weighted by molar-refractivity contribution is 7.09. The molecule has 3 aliphatic heterocycles. The molecule has 0 aliphatic carbocycles. The Labute approximate surface area is 141 Å². The van der Waals surface area contributed by atoms with Crippen LogP contribution in [-0.2, 0) is 20.8 Å². The summed E-state index contributed by atoms with van der Waals surface area (Å²) in [6, 6.07) is 0.687. The van der Waals surface area contributed by atoms with Crippen molar-refractivity contribution in [1.82, 2.24) is 9.88 Å². The second-order valence-electron chi connectivity index (χ2n) is 7.20. The van der Waals surface area contributed by atoms with E-state index in [2.05, 4.69) is 15.3 Å². The van der Waals surface area contributed by atoms with E-state index in [0.29, 0.717) is 18.6 Å². The first-order valence-corrected chi connectivity index (χ1v) is 9.51. The molecule has 3 saturated heterocycles. The summed E-state index contributed by atoms with van der Waals surface area (Å²) in [5.41, 5.74) is 1.24. The molecule has 4 heterocycles. The van der Waals surface area contributed by atoms with Crippen molar-refractivity contribution in [3.63, 3.8) is 0 Å². The van der Waals surface area contributed by atoms with Gasteiger partial charge < -0.3 is 14.2 Å². The predicted molar refractivity (Wildman–Crippen MR) is 88.7 cm³/mol. The summed E-state index contributed by atoms with van der Waals surface area (Å²) in [4.78, 5) is 7.16. The molecule has 6 heteroatoms. The second-order valence-corrected chi connectivity index (χ2v) is 8.26. The van der Waals surface area contributed by atoms with Crippen LogP contribution < -0.4 is 0 Å². The van der Waals surface area contributed by atoms with Crippen LogP contribution in [0.2, 0.25) is 0 Å². The minimum absolute atomic E-state index is 0.184. The third-order valence-electron chi connectivity index (χ3n) is 5.56. The number of rotatable bonds is 5. The number of aromatic nitrogens is 1. The zero-order valence-electron chi connectivity index (χ0n) is 13.8. The van der Waals surface area contributed by atoms with Crippen LogP contribution in [-0.4, -0.2) is 62.0 Å². The van der Waals surface area contributed by atoms with E-state index < -0.39 is 0 Å². The summed E-state index contributed by atoms with van der Waals surface area (Å²) < 4.78 is 17.4. The Kier molecular flexibility index (Phi) is 4.70. The number of hydrogen-bond donors (Lipinski definition) is 0. The highest BCUT2D eigenvalue weighted by atomic mass is 32.1. The SMILES string of the molecule is Cc1nc(COC[C@]23COC[C@H]2CN(C2CCOCC2)C3)cs1. The fourth-order valence-corrected chi connectivity index (χ4v) is 4.84. The number of fused-ring (bicyclic) bond motifs is 1. The monoisotopic (exact) mass is 338 g/mol. The van der Waals surface area contributed by atoms with Crippen LogP contribution >= 0.6 is 11.3 Å². The summed E-state index contributed by atoms with van der Waals surface area (Å²) in [6.07, 6.45) is 2.34. The zero-order valence-corrected chi connectivity index (χ0v) is 14.6. The van der Waals surface area contributed by atoms with E-state index in [1.807, 2.05) is 6.92 Å². The van der Waals surface area contributed by atoms with Gasteiger partial charge in [0.15, 0.2) is 0 Å². The van der Waals surface area contributed by atoms with Crippen LogP contribution in [0.25, 0.3) is 0 Å². The maximum atomic E-state index is 6.07. The van der Waals surface area contributed by atoms with Gasteiger partial charge in [-0.3, -0.25) is 4.90 Å². The largest absolute Gasteiger partial charge is 0.381 e. The molecule has 1 aromatic rings. The molecule has 128 valence electrons. The smallest absolute Gasteiger partial charge is 0.0898 e. The van der Waals surface area contributed by atoms with Gasteiger partial charge in [-0.05, 0) is 19.8 Å². The van der Waals surface area contributed by atoms with Crippen LogP contribution in [0, 0.1) is 18.3 Å². The molecule has 0 N–H and O–H groups in total. The molecule has 5 nitrogen and oxygen atoms in total. The highest BCUT2D eigenvalue weighted by Crippen LogP contribution is 2.43. The number of ether oxygens (including phenoxy) is 3. The Balaban J connectivity index is 1.35. The van der Waals surface area contributed by atoms with Gasteiger partial charge in [0.1, 0.15) is 0 Å². The summed E-state index contributed by atoms with van der Waals surface area (Å²) in [5.74, 6) is 0.613. The lowest BCUT2D eigenvalue weighted by Crippen LogP contribution is -2.41. The highest BCUT2D eigenvalue weighted by Gasteiger charge is 2.52. The van der Waals surface area contributed by atoms with Crippen LogP contribution in [0.15, 0.2) is 5.38 Å². The molecule has 23 heavy (non-hydrogen) atoms. The minimum Gasteiger partial charge on any atom is -0.381 e. The van der Waals surface area contributed by atoms with E-state index in [9.17, 15) is 0 Å². The molecule has 3 fully saturated rings. The number of aryl methyl sites for hydroxylation is 1. The standard InChI is InChI=1S/C17H26N2O3S/c1-13-18-15(9-23-13)8-22-12-17-10-19(6-14(17)7-21-11-17)16-2-4-20-5-3-16/h9,14,16H,2-8,10-12H2,1H3/t14-,17+/m1/s1. The second kappa shape index (κ2) is 6.76. The van der Waals surface area contributed by atoms with Crippen LogP contribution in [0.3, 0.4) is 0 Å². The van der Waals surface area contributed by atoms with Crippen molar-refractivity contribution in [2.45, 2.75) is 32.4 Å². The topological polar surface area (TPSA) is 43.8 Å². The summed E-state index contributed by atoms with van der Waals surface area (Å²) in [5, 5.41) is 3.20. The zero-order chi connectivity index (χ0) is 15.7. The minimum atomic E-state index is 0.184. The fourth-order valence-electron chi connectivity index (χ4n) is 4.24. The van der Waals surface area contributed by atoms with E-state index in [0.717, 1.165) is 56.8 Å². The molecule has 0 amide bonds. The molecule has 4 rings (SSSR count). The third-order valence-corrected chi connectivity index (χ3v) is 6.38. The maximum absolute atomic E-state index is 6.07. The van der Waals surface area contributed by atoms with Crippen LogP contribution in [0.5, 0.6) is 0 Å². The molecule has 3 aliphatic rings. The molecular weight excluding hydrogens is 312 g/mol. The van der Waals surface area contributed by atoms with E-state index in [4.69, 9.17) is 14.2 Å². The Morgan fingerprint density at radius 1 is 1.39 bits per heavy atom. The van der Waals surface area contributed by atoms with Crippen molar-refractivity contribution in [3.8, 4) is 0 Å². The van der Waals surface area contributed by atoms with E-state index in [-0.39, 0.29) is 5.41 Å². The van der Waals surface area contributed by atoms with Crippen LogP contribution in [0.4, 0.5) is 0 Å². The van der Waals surface area contributed by atoms with Gasteiger partial charge in [-0.15, -0.1) is 11.3 Å². The van der Waals surface area contributed by atoms with Gasteiger partial charge >= 0.3 is 0 Å². The van der Waals surface area contributed by atoms with E-state index in [1.54, 1.807) is 11.3 Å². The Morgan fingerprint density at radius 2 is 2.26 bits per heavy atom. The molecule has 0 aromatic carbocycles. The molecule has 1 aromatic heterocycles. The number of hydrogen-bond acceptors (Lipinski definition) is 6. The van der Waals surface area contributed by atoms with Gasteiger partial charge in [0, 0.05) is 49.1 Å². The number of nitrogens with zero attached hydrogens (tertiary/aromatic N) is 2. The molecule has 0 unspecified atom stereocenters.